The van der Waals surface area contributed by atoms with Gasteiger partial charge in [0.2, 0.25) is 5.95 Å². The van der Waals surface area contributed by atoms with Crippen LogP contribution in [0.3, 0.4) is 0 Å². The van der Waals surface area contributed by atoms with E-state index in [0.29, 0.717) is 0 Å². The summed E-state index contributed by atoms with van der Waals surface area (Å²) < 4.78 is 2.82. The van der Waals surface area contributed by atoms with Gasteiger partial charge < -0.3 is 4.90 Å². The summed E-state index contributed by atoms with van der Waals surface area (Å²) in [6.45, 7) is 5.22. The van der Waals surface area contributed by atoms with Gasteiger partial charge in [-0.05, 0) is 32.0 Å². The zero-order valence-corrected chi connectivity index (χ0v) is 10.7. The first-order valence-corrected chi connectivity index (χ1v) is 6.64. The third kappa shape index (κ3) is 2.45. The van der Waals surface area contributed by atoms with Gasteiger partial charge in [-0.25, -0.2) is 5.10 Å². The second-order valence-corrected chi connectivity index (χ2v) is 4.71. The minimum absolute atomic E-state index is 0.736. The van der Waals surface area contributed by atoms with Gasteiger partial charge in [-0.2, -0.15) is 0 Å². The number of H-pyrrole nitrogens is 1. The second kappa shape index (κ2) is 5.48. The van der Waals surface area contributed by atoms with Gasteiger partial charge in [-0.3, -0.25) is 4.57 Å². The molecule has 0 aromatic carbocycles. The summed E-state index contributed by atoms with van der Waals surface area (Å²) >= 11 is 5.22. The van der Waals surface area contributed by atoms with Crippen LogP contribution in [0.25, 0.3) is 0 Å². The van der Waals surface area contributed by atoms with Crippen molar-refractivity contribution in [3.8, 4) is 0 Å². The number of rotatable bonds is 2. The van der Waals surface area contributed by atoms with Crippen LogP contribution in [0.2, 0.25) is 0 Å². The van der Waals surface area contributed by atoms with E-state index in [-0.39, 0.29) is 0 Å². The lowest BCUT2D eigenvalue weighted by Gasteiger charge is -2.25. The topological polar surface area (TPSA) is 36.9 Å². The number of aromatic nitrogens is 3. The predicted molar refractivity (Wildman–Crippen MR) is 68.4 cm³/mol. The highest BCUT2D eigenvalue weighted by molar-refractivity contribution is 7.71. The van der Waals surface area contributed by atoms with E-state index in [1.54, 1.807) is 0 Å². The van der Waals surface area contributed by atoms with Gasteiger partial charge in [0.05, 0.1) is 0 Å². The fraction of sp³-hybridized carbons (Fsp3) is 0.818. The van der Waals surface area contributed by atoms with E-state index in [1.807, 2.05) is 0 Å². The molecule has 90 valence electrons. The van der Waals surface area contributed by atoms with Crippen LogP contribution in [0.15, 0.2) is 0 Å². The lowest BCUT2D eigenvalue weighted by atomic mass is 10.1. The Bertz CT molecular complexity index is 374. The van der Waals surface area contributed by atoms with E-state index in [9.17, 15) is 0 Å². The maximum absolute atomic E-state index is 5.22. The van der Waals surface area contributed by atoms with Crippen molar-refractivity contribution in [1.29, 1.82) is 0 Å². The molecule has 1 aromatic rings. The molecule has 0 aliphatic carbocycles. The number of hydrogen-bond donors (Lipinski definition) is 1. The highest BCUT2D eigenvalue weighted by atomic mass is 32.1. The molecule has 16 heavy (non-hydrogen) atoms. The Morgan fingerprint density at radius 3 is 2.44 bits per heavy atom. The largest absolute Gasteiger partial charge is 0.341 e. The zero-order valence-electron chi connectivity index (χ0n) is 9.91. The first kappa shape index (κ1) is 11.6. The predicted octanol–water partition coefficient (Wildman–Crippen LogP) is 2.73. The molecule has 0 radical (unpaired) electrons. The van der Waals surface area contributed by atoms with Gasteiger partial charge in [0, 0.05) is 19.6 Å². The summed E-state index contributed by atoms with van der Waals surface area (Å²) in [4.78, 5) is 2.37. The van der Waals surface area contributed by atoms with E-state index in [0.717, 1.165) is 30.4 Å². The second-order valence-electron chi connectivity index (χ2n) is 4.33. The van der Waals surface area contributed by atoms with Crippen LogP contribution < -0.4 is 4.90 Å². The smallest absolute Gasteiger partial charge is 0.225 e. The fourth-order valence-corrected chi connectivity index (χ4v) is 2.54. The molecule has 1 saturated heterocycles. The summed E-state index contributed by atoms with van der Waals surface area (Å²) in [6.07, 6.45) is 6.60. The number of nitrogens with zero attached hydrogens (tertiary/aromatic N) is 3. The van der Waals surface area contributed by atoms with Crippen molar-refractivity contribution >= 4 is 18.2 Å². The Labute approximate surface area is 102 Å². The molecular formula is C11H20N4S. The molecule has 2 rings (SSSR count). The SMILES string of the molecule is CCn1c(N2CCCCCCC2)n[nH]c1=S. The highest BCUT2D eigenvalue weighted by Crippen LogP contribution is 2.17. The first-order chi connectivity index (χ1) is 7.83. The normalized spacial score (nSPS) is 18.2. The number of hydrogen-bond acceptors (Lipinski definition) is 3. The van der Waals surface area contributed by atoms with Crippen molar-refractivity contribution in [3.05, 3.63) is 4.77 Å². The van der Waals surface area contributed by atoms with Crippen LogP contribution in [0.5, 0.6) is 0 Å². The van der Waals surface area contributed by atoms with Crippen LogP contribution >= 0.6 is 12.2 Å². The maximum Gasteiger partial charge on any atom is 0.225 e. The van der Waals surface area contributed by atoms with E-state index in [2.05, 4.69) is 26.6 Å². The average Bonchev–Trinajstić information content (AvgIpc) is 2.59. The molecule has 1 aromatic heterocycles. The Balaban J connectivity index is 2.17. The maximum atomic E-state index is 5.22. The van der Waals surface area contributed by atoms with Crippen molar-refractivity contribution < 1.29 is 0 Å². The lowest BCUT2D eigenvalue weighted by molar-refractivity contribution is 0.543. The Morgan fingerprint density at radius 2 is 1.81 bits per heavy atom. The van der Waals surface area contributed by atoms with Gasteiger partial charge in [0.1, 0.15) is 0 Å². The summed E-state index contributed by atoms with van der Waals surface area (Å²) in [5.74, 6) is 1.02. The summed E-state index contributed by atoms with van der Waals surface area (Å²) in [6, 6.07) is 0. The molecule has 0 saturated carbocycles. The summed E-state index contributed by atoms with van der Waals surface area (Å²) in [7, 11) is 0. The van der Waals surface area contributed by atoms with Crippen molar-refractivity contribution in [2.24, 2.45) is 0 Å². The summed E-state index contributed by atoms with van der Waals surface area (Å²) in [5, 5.41) is 7.25. The molecular weight excluding hydrogens is 220 g/mol. The van der Waals surface area contributed by atoms with Crippen LogP contribution in [0.4, 0.5) is 5.95 Å². The average molecular weight is 240 g/mol. The van der Waals surface area contributed by atoms with Crippen molar-refractivity contribution in [3.63, 3.8) is 0 Å². The number of aromatic amines is 1. The van der Waals surface area contributed by atoms with E-state index in [4.69, 9.17) is 12.2 Å². The molecule has 1 fully saturated rings. The van der Waals surface area contributed by atoms with E-state index < -0.39 is 0 Å². The Hall–Kier alpha value is -0.840. The monoisotopic (exact) mass is 240 g/mol. The Morgan fingerprint density at radius 1 is 1.19 bits per heavy atom. The van der Waals surface area contributed by atoms with E-state index in [1.165, 1.54) is 32.1 Å². The molecule has 0 bridgehead atoms. The third-order valence-corrected chi connectivity index (χ3v) is 3.50. The molecule has 1 aliphatic heterocycles. The molecule has 0 unspecified atom stereocenters. The molecule has 1 N–H and O–H groups in total. The van der Waals surface area contributed by atoms with Crippen molar-refractivity contribution in [2.45, 2.75) is 45.6 Å². The summed E-state index contributed by atoms with van der Waals surface area (Å²) in [5.41, 5.74) is 0. The first-order valence-electron chi connectivity index (χ1n) is 6.23. The molecule has 2 heterocycles. The third-order valence-electron chi connectivity index (χ3n) is 3.19. The van der Waals surface area contributed by atoms with Crippen LogP contribution in [-0.2, 0) is 6.54 Å². The van der Waals surface area contributed by atoms with Gasteiger partial charge in [0.25, 0.3) is 0 Å². The van der Waals surface area contributed by atoms with Crippen molar-refractivity contribution in [2.75, 3.05) is 18.0 Å². The standard InChI is InChI=1S/C11H20N4S/c1-2-15-10(12-13-11(15)16)14-8-6-4-3-5-7-9-14/h2-9H2,1H3,(H,13,16). The van der Waals surface area contributed by atoms with Crippen LogP contribution in [0, 0.1) is 4.77 Å². The molecule has 0 atom stereocenters. The molecule has 1 aliphatic rings. The van der Waals surface area contributed by atoms with Crippen LogP contribution in [0.1, 0.15) is 39.0 Å². The van der Waals surface area contributed by atoms with Crippen LogP contribution in [-0.4, -0.2) is 27.9 Å². The molecule has 0 spiro atoms. The van der Waals surface area contributed by atoms with Crippen molar-refractivity contribution in [1.82, 2.24) is 14.8 Å². The van der Waals surface area contributed by atoms with E-state index >= 15 is 0 Å². The minimum atomic E-state index is 0.736. The zero-order chi connectivity index (χ0) is 11.4. The van der Waals surface area contributed by atoms with Gasteiger partial charge >= 0.3 is 0 Å². The fourth-order valence-electron chi connectivity index (χ4n) is 2.28. The molecule has 5 heteroatoms. The van der Waals surface area contributed by atoms with Gasteiger partial charge in [-0.15, -0.1) is 5.10 Å². The van der Waals surface area contributed by atoms with Gasteiger partial charge in [-0.1, -0.05) is 19.3 Å². The quantitative estimate of drug-likeness (QED) is 0.808. The minimum Gasteiger partial charge on any atom is -0.341 e. The van der Waals surface area contributed by atoms with Gasteiger partial charge in [0.15, 0.2) is 4.77 Å². The number of nitrogens with one attached hydrogen (secondary N) is 1. The lowest BCUT2D eigenvalue weighted by Crippen LogP contribution is -2.29. The Kier molecular flexibility index (Phi) is 3.98. The highest BCUT2D eigenvalue weighted by Gasteiger charge is 2.14. The molecule has 4 nitrogen and oxygen atoms in total. The molecule has 0 amide bonds. The number of anilines is 1.